The smallest absolute Gasteiger partial charge is 0.322 e. The van der Waals surface area contributed by atoms with Gasteiger partial charge in [-0.2, -0.15) is 5.10 Å². The van der Waals surface area contributed by atoms with Gasteiger partial charge >= 0.3 is 5.97 Å². The van der Waals surface area contributed by atoms with Gasteiger partial charge in [0, 0.05) is 0 Å². The molecule has 7 nitrogen and oxygen atoms in total. The number of nitrogens with one attached hydrogen (secondary N) is 1. The standard InChI is InChI=1S/C14H14ClN3O4/c15-13-11(16-7-12(19)20)6-17-18(14(13)21)9-22-8-10-4-2-1-3-5-10/h1-6,16H,7-9H2,(H,19,20). The number of hydrogen-bond acceptors (Lipinski definition) is 5. The van der Waals surface area contributed by atoms with E-state index in [0.29, 0.717) is 6.61 Å². The van der Waals surface area contributed by atoms with Crippen LogP contribution in [0.25, 0.3) is 0 Å². The first kappa shape index (κ1) is 16.0. The van der Waals surface area contributed by atoms with Gasteiger partial charge in [0.1, 0.15) is 18.3 Å². The van der Waals surface area contributed by atoms with E-state index in [1.807, 2.05) is 30.3 Å². The maximum atomic E-state index is 12.0. The molecule has 0 atom stereocenters. The Hall–Kier alpha value is -2.38. The lowest BCUT2D eigenvalue weighted by molar-refractivity contribution is -0.134. The zero-order chi connectivity index (χ0) is 15.9. The third kappa shape index (κ3) is 4.31. The summed E-state index contributed by atoms with van der Waals surface area (Å²) in [5, 5.41) is 14.9. The van der Waals surface area contributed by atoms with Gasteiger partial charge in [-0.25, -0.2) is 4.68 Å². The summed E-state index contributed by atoms with van der Waals surface area (Å²) in [6.07, 6.45) is 1.29. The molecule has 116 valence electrons. The highest BCUT2D eigenvalue weighted by atomic mass is 35.5. The van der Waals surface area contributed by atoms with Crippen LogP contribution < -0.4 is 10.9 Å². The minimum Gasteiger partial charge on any atom is -0.480 e. The van der Waals surface area contributed by atoms with Crippen molar-refractivity contribution in [1.29, 1.82) is 0 Å². The van der Waals surface area contributed by atoms with Crippen LogP contribution in [-0.4, -0.2) is 27.4 Å². The molecule has 22 heavy (non-hydrogen) atoms. The Morgan fingerprint density at radius 2 is 2.09 bits per heavy atom. The van der Waals surface area contributed by atoms with E-state index in [1.54, 1.807) is 0 Å². The Labute approximate surface area is 131 Å². The minimum atomic E-state index is -1.06. The Kier molecular flexibility index (Phi) is 5.51. The first-order valence-electron chi connectivity index (χ1n) is 6.41. The lowest BCUT2D eigenvalue weighted by atomic mass is 10.2. The summed E-state index contributed by atoms with van der Waals surface area (Å²) in [4.78, 5) is 22.5. The monoisotopic (exact) mass is 323 g/mol. The van der Waals surface area contributed by atoms with Gasteiger partial charge in [0.15, 0.2) is 0 Å². The molecule has 0 amide bonds. The number of hydrogen-bond donors (Lipinski definition) is 2. The van der Waals surface area contributed by atoms with E-state index < -0.39 is 11.5 Å². The molecule has 0 fully saturated rings. The topological polar surface area (TPSA) is 93.5 Å². The fourth-order valence-corrected chi connectivity index (χ4v) is 1.89. The highest BCUT2D eigenvalue weighted by Gasteiger charge is 2.10. The van der Waals surface area contributed by atoms with Gasteiger partial charge in [-0.3, -0.25) is 9.59 Å². The molecule has 2 rings (SSSR count). The first-order chi connectivity index (χ1) is 10.6. The van der Waals surface area contributed by atoms with Crippen molar-refractivity contribution in [3.05, 3.63) is 57.5 Å². The van der Waals surface area contributed by atoms with Crippen molar-refractivity contribution in [3.8, 4) is 0 Å². The lowest BCUT2D eigenvalue weighted by Crippen LogP contribution is -2.26. The predicted molar refractivity (Wildman–Crippen MR) is 80.9 cm³/mol. The van der Waals surface area contributed by atoms with E-state index in [-0.39, 0.29) is 24.0 Å². The molecule has 0 aliphatic heterocycles. The number of carboxylic acids is 1. The first-order valence-corrected chi connectivity index (χ1v) is 6.78. The van der Waals surface area contributed by atoms with E-state index in [2.05, 4.69) is 10.4 Å². The van der Waals surface area contributed by atoms with E-state index in [4.69, 9.17) is 21.4 Å². The van der Waals surface area contributed by atoms with Gasteiger partial charge in [0.25, 0.3) is 5.56 Å². The van der Waals surface area contributed by atoms with E-state index >= 15 is 0 Å². The van der Waals surface area contributed by atoms with Gasteiger partial charge in [-0.1, -0.05) is 41.9 Å². The van der Waals surface area contributed by atoms with Crippen molar-refractivity contribution in [2.75, 3.05) is 11.9 Å². The van der Waals surface area contributed by atoms with Crippen molar-refractivity contribution in [2.45, 2.75) is 13.3 Å². The lowest BCUT2D eigenvalue weighted by Gasteiger charge is -2.09. The van der Waals surface area contributed by atoms with E-state index in [0.717, 1.165) is 10.2 Å². The number of nitrogens with zero attached hydrogens (tertiary/aromatic N) is 2. The average molecular weight is 324 g/mol. The molecule has 1 aromatic carbocycles. The second kappa shape index (κ2) is 7.58. The number of halogens is 1. The quantitative estimate of drug-likeness (QED) is 0.803. The second-order valence-electron chi connectivity index (χ2n) is 4.39. The van der Waals surface area contributed by atoms with Crippen molar-refractivity contribution in [2.24, 2.45) is 0 Å². The average Bonchev–Trinajstić information content (AvgIpc) is 2.51. The van der Waals surface area contributed by atoms with Crippen LogP contribution in [0.15, 0.2) is 41.3 Å². The van der Waals surface area contributed by atoms with Gasteiger partial charge in [-0.05, 0) is 5.56 Å². The Balaban J connectivity index is 1.98. The maximum Gasteiger partial charge on any atom is 0.322 e. The Morgan fingerprint density at radius 3 is 2.77 bits per heavy atom. The fraction of sp³-hybridized carbons (Fsp3) is 0.214. The van der Waals surface area contributed by atoms with Crippen LogP contribution in [0.3, 0.4) is 0 Å². The highest BCUT2D eigenvalue weighted by molar-refractivity contribution is 6.32. The summed E-state index contributed by atoms with van der Waals surface area (Å²) in [5.74, 6) is -1.06. The van der Waals surface area contributed by atoms with Gasteiger partial charge in [-0.15, -0.1) is 0 Å². The van der Waals surface area contributed by atoms with E-state index in [1.165, 1.54) is 6.20 Å². The van der Waals surface area contributed by atoms with Crippen molar-refractivity contribution >= 4 is 23.3 Å². The maximum absolute atomic E-state index is 12.0. The third-order valence-corrected chi connectivity index (χ3v) is 3.11. The Morgan fingerprint density at radius 1 is 1.36 bits per heavy atom. The molecule has 0 aliphatic rings. The summed E-state index contributed by atoms with van der Waals surface area (Å²) in [6.45, 7) is -0.0619. The molecule has 2 N–H and O–H groups in total. The molecule has 0 saturated heterocycles. The van der Waals surface area contributed by atoms with Crippen LogP contribution >= 0.6 is 11.6 Å². The zero-order valence-electron chi connectivity index (χ0n) is 11.5. The molecule has 0 bridgehead atoms. The number of aliphatic carboxylic acids is 1. The number of anilines is 1. The van der Waals surface area contributed by atoms with Crippen LogP contribution in [0, 0.1) is 0 Å². The predicted octanol–water partition coefficient (Wildman–Crippen LogP) is 1.57. The number of carbonyl (C=O) groups is 1. The molecule has 0 unspecified atom stereocenters. The van der Waals surface area contributed by atoms with Crippen LogP contribution in [0.4, 0.5) is 5.69 Å². The minimum absolute atomic E-state index is 0.0490. The number of rotatable bonds is 7. The van der Waals surface area contributed by atoms with Crippen LogP contribution in [0.2, 0.25) is 5.02 Å². The Bertz CT molecular complexity index is 703. The molecular formula is C14H14ClN3O4. The zero-order valence-corrected chi connectivity index (χ0v) is 12.3. The highest BCUT2D eigenvalue weighted by Crippen LogP contribution is 2.14. The number of aromatic nitrogens is 2. The summed E-state index contributed by atoms with van der Waals surface area (Å²) in [7, 11) is 0. The molecule has 0 radical (unpaired) electrons. The molecule has 1 aromatic heterocycles. The van der Waals surface area contributed by atoms with Crippen LogP contribution in [0.5, 0.6) is 0 Å². The number of carboxylic acid groups (broad SMARTS) is 1. The molecule has 8 heteroatoms. The number of benzene rings is 1. The van der Waals surface area contributed by atoms with Gasteiger partial charge < -0.3 is 15.2 Å². The second-order valence-corrected chi connectivity index (χ2v) is 4.77. The summed E-state index contributed by atoms with van der Waals surface area (Å²) >= 11 is 5.89. The summed E-state index contributed by atoms with van der Waals surface area (Å²) < 4.78 is 6.47. The van der Waals surface area contributed by atoms with Crippen LogP contribution in [0.1, 0.15) is 5.56 Å². The molecule has 0 saturated carbocycles. The van der Waals surface area contributed by atoms with Crippen molar-refractivity contribution in [3.63, 3.8) is 0 Å². The molecule has 0 aliphatic carbocycles. The third-order valence-electron chi connectivity index (χ3n) is 2.74. The molecular weight excluding hydrogens is 310 g/mol. The summed E-state index contributed by atoms with van der Waals surface area (Å²) in [6, 6.07) is 9.49. The van der Waals surface area contributed by atoms with E-state index in [9.17, 15) is 9.59 Å². The number of ether oxygens (including phenoxy) is 1. The normalized spacial score (nSPS) is 10.4. The molecule has 0 spiro atoms. The van der Waals surface area contributed by atoms with Crippen LogP contribution in [-0.2, 0) is 22.9 Å². The van der Waals surface area contributed by atoms with Crippen molar-refractivity contribution in [1.82, 2.24) is 9.78 Å². The van der Waals surface area contributed by atoms with Gasteiger partial charge in [0.2, 0.25) is 0 Å². The molecule has 2 aromatic rings. The van der Waals surface area contributed by atoms with Gasteiger partial charge in [0.05, 0.1) is 18.5 Å². The fourth-order valence-electron chi connectivity index (χ4n) is 1.68. The largest absolute Gasteiger partial charge is 0.480 e. The molecule has 1 heterocycles. The summed E-state index contributed by atoms with van der Waals surface area (Å²) in [5.41, 5.74) is 0.597. The SMILES string of the molecule is O=C(O)CNc1cnn(COCc2ccccc2)c(=O)c1Cl. The van der Waals surface area contributed by atoms with Crippen molar-refractivity contribution < 1.29 is 14.6 Å².